The summed E-state index contributed by atoms with van der Waals surface area (Å²) in [5, 5.41) is 61.9. The standard InChI is InChI=1S/C37H44N6O13/c1-3-21-22-12-20(6-7-26(22)39-29-23(21)15-43-27(29)13-25-24(33(43)48)18-54-35(49)37(25,51)4-2)55-36(50)38-8-5-10-52-17-19-14-42(41-40-19)9-11-53-34-32(47)31(46)30(45)28(16-44)56-34/h6-7,12-14,28,30-32,34,44-47,51H,3-5,8-11,15-18H2,1-2H3,(H,38,50)/t28-,30-,31+,32-,34-,37-/m0/s1. The van der Waals surface area contributed by atoms with Crippen molar-refractivity contribution in [3.8, 4) is 17.1 Å². The van der Waals surface area contributed by atoms with E-state index in [-0.39, 0.29) is 62.6 Å². The third-order valence-electron chi connectivity index (χ3n) is 10.4. The van der Waals surface area contributed by atoms with E-state index in [2.05, 4.69) is 15.6 Å². The van der Waals surface area contributed by atoms with Crippen LogP contribution in [0.2, 0.25) is 0 Å². The number of carbonyl (C=O) groups excluding carboxylic acids is 2. The molecule has 3 aliphatic rings. The SMILES string of the molecule is CCc1c2c(nc3ccc(OC(=O)NCCCOCc4cn(CCO[C@H]5O[C@@H](CO)[C@H](O)[C@@H](O)[C@@H]5O)nn4)cc13)-c1cc3c(c(=O)n1C2)COC(=O)[C@]3(O)CC. The minimum absolute atomic E-state index is 0.0394. The monoisotopic (exact) mass is 780 g/mol. The van der Waals surface area contributed by atoms with Crippen molar-refractivity contribution in [1.29, 1.82) is 0 Å². The van der Waals surface area contributed by atoms with Gasteiger partial charge in [-0.2, -0.15) is 0 Å². The number of pyridine rings is 2. The summed E-state index contributed by atoms with van der Waals surface area (Å²) in [4.78, 5) is 43.6. The van der Waals surface area contributed by atoms with Gasteiger partial charge in [-0.1, -0.05) is 19.1 Å². The molecule has 0 bridgehead atoms. The molecule has 0 unspecified atom stereocenters. The number of nitrogens with one attached hydrogen (secondary N) is 1. The van der Waals surface area contributed by atoms with Crippen molar-refractivity contribution in [2.24, 2.45) is 0 Å². The highest BCUT2D eigenvalue weighted by Gasteiger charge is 2.46. The van der Waals surface area contributed by atoms with Crippen LogP contribution in [0.3, 0.4) is 0 Å². The normalized spacial score (nSPS) is 24.1. The highest BCUT2D eigenvalue weighted by Crippen LogP contribution is 2.40. The fourth-order valence-electron chi connectivity index (χ4n) is 7.27. The van der Waals surface area contributed by atoms with Gasteiger partial charge in [0.25, 0.3) is 5.56 Å². The molecule has 19 nitrogen and oxygen atoms in total. The number of benzene rings is 1. The summed E-state index contributed by atoms with van der Waals surface area (Å²) in [5.41, 5.74) is 2.35. The molecule has 4 aromatic rings. The Hall–Kier alpha value is -4.86. The first-order valence-electron chi connectivity index (χ1n) is 18.4. The summed E-state index contributed by atoms with van der Waals surface area (Å²) < 4.78 is 30.3. The van der Waals surface area contributed by atoms with E-state index < -0.39 is 55.0 Å². The molecule has 1 aromatic carbocycles. The molecule has 3 aromatic heterocycles. The quantitative estimate of drug-likeness (QED) is 0.0627. The molecule has 0 spiro atoms. The van der Waals surface area contributed by atoms with Crippen molar-refractivity contribution in [2.75, 3.05) is 26.4 Å². The smallest absolute Gasteiger partial charge is 0.412 e. The van der Waals surface area contributed by atoms with Crippen LogP contribution in [0.15, 0.2) is 35.3 Å². The first-order valence-corrected chi connectivity index (χ1v) is 18.4. The molecule has 0 saturated carbocycles. The molecule has 3 aliphatic heterocycles. The zero-order valence-corrected chi connectivity index (χ0v) is 30.8. The second-order valence-corrected chi connectivity index (χ2v) is 13.8. The predicted octanol–water partition coefficient (Wildman–Crippen LogP) is -0.255. The van der Waals surface area contributed by atoms with E-state index in [1.165, 1.54) is 4.68 Å². The topological polar surface area (TPSA) is 259 Å². The van der Waals surface area contributed by atoms with Crippen LogP contribution in [0.5, 0.6) is 5.75 Å². The number of aromatic nitrogens is 5. The number of rotatable bonds is 14. The van der Waals surface area contributed by atoms with Crippen molar-refractivity contribution in [1.82, 2.24) is 29.9 Å². The minimum Gasteiger partial charge on any atom is -0.458 e. The van der Waals surface area contributed by atoms with Crippen LogP contribution in [-0.2, 0) is 62.1 Å². The van der Waals surface area contributed by atoms with Crippen LogP contribution in [0, 0.1) is 0 Å². The highest BCUT2D eigenvalue weighted by molar-refractivity contribution is 5.90. The lowest BCUT2D eigenvalue weighted by Crippen LogP contribution is -2.59. The maximum atomic E-state index is 13.6. The Morgan fingerprint density at radius 1 is 1.09 bits per heavy atom. The Labute approximate surface area is 319 Å². The number of aliphatic hydroxyl groups is 5. The summed E-state index contributed by atoms with van der Waals surface area (Å²) in [6.45, 7) is 4.20. The molecular weight excluding hydrogens is 736 g/mol. The fourth-order valence-corrected chi connectivity index (χ4v) is 7.27. The van der Waals surface area contributed by atoms with Gasteiger partial charge in [-0.3, -0.25) is 4.79 Å². The van der Waals surface area contributed by atoms with Crippen LogP contribution >= 0.6 is 0 Å². The molecule has 1 saturated heterocycles. The second kappa shape index (κ2) is 16.3. The lowest BCUT2D eigenvalue weighted by Gasteiger charge is -2.39. The Morgan fingerprint density at radius 3 is 2.68 bits per heavy atom. The van der Waals surface area contributed by atoms with Crippen molar-refractivity contribution in [3.63, 3.8) is 0 Å². The van der Waals surface area contributed by atoms with Gasteiger partial charge >= 0.3 is 12.1 Å². The van der Waals surface area contributed by atoms with E-state index in [1.54, 1.807) is 42.0 Å². The molecule has 0 aliphatic carbocycles. The maximum Gasteiger partial charge on any atom is 0.412 e. The largest absolute Gasteiger partial charge is 0.458 e. The van der Waals surface area contributed by atoms with Gasteiger partial charge in [0.15, 0.2) is 11.9 Å². The van der Waals surface area contributed by atoms with E-state index in [1.807, 2.05) is 6.92 Å². The Kier molecular flexibility index (Phi) is 11.5. The van der Waals surface area contributed by atoms with Crippen LogP contribution in [0.1, 0.15) is 54.6 Å². The highest BCUT2D eigenvalue weighted by atomic mass is 16.7. The molecular formula is C37H44N6O13. The fraction of sp³-hybridized carbons (Fsp3) is 0.514. The van der Waals surface area contributed by atoms with Gasteiger partial charge < -0.3 is 59.1 Å². The summed E-state index contributed by atoms with van der Waals surface area (Å²) in [5.74, 6) is -0.462. The summed E-state index contributed by atoms with van der Waals surface area (Å²) in [7, 11) is 0. The third kappa shape index (κ3) is 7.39. The summed E-state index contributed by atoms with van der Waals surface area (Å²) in [6.07, 6.45) is -4.62. The molecule has 0 radical (unpaired) electrons. The van der Waals surface area contributed by atoms with Crippen molar-refractivity contribution in [2.45, 2.75) is 95.7 Å². The van der Waals surface area contributed by atoms with Crippen LogP contribution in [0.25, 0.3) is 22.3 Å². The van der Waals surface area contributed by atoms with Gasteiger partial charge in [0.2, 0.25) is 0 Å². The number of fused-ring (bicyclic) bond motifs is 5. The molecule has 56 heavy (non-hydrogen) atoms. The average Bonchev–Trinajstić information content (AvgIpc) is 3.81. The lowest BCUT2D eigenvalue weighted by molar-refractivity contribution is -0.301. The Bertz CT molecular complexity index is 2170. The van der Waals surface area contributed by atoms with E-state index in [0.29, 0.717) is 47.8 Å². The summed E-state index contributed by atoms with van der Waals surface area (Å²) >= 11 is 0. The number of esters is 1. The predicted molar refractivity (Wildman–Crippen MR) is 192 cm³/mol. The maximum absolute atomic E-state index is 13.6. The Balaban J connectivity index is 0.886. The number of aryl methyl sites for hydroxylation is 1. The van der Waals surface area contributed by atoms with E-state index in [9.17, 15) is 39.9 Å². The first kappa shape index (κ1) is 39.4. The molecule has 6 heterocycles. The number of hydrogen-bond donors (Lipinski definition) is 6. The molecule has 1 amide bonds. The number of nitrogens with zero attached hydrogens (tertiary/aromatic N) is 5. The number of amides is 1. The molecule has 6 atom stereocenters. The van der Waals surface area contributed by atoms with Gasteiger partial charge in [0.05, 0.1) is 61.6 Å². The lowest BCUT2D eigenvalue weighted by atomic mass is 9.86. The molecule has 300 valence electrons. The van der Waals surface area contributed by atoms with Crippen molar-refractivity contribution < 1.29 is 58.8 Å². The zero-order chi connectivity index (χ0) is 39.7. The Morgan fingerprint density at radius 2 is 1.91 bits per heavy atom. The molecule has 7 rings (SSSR count). The number of cyclic esters (lactones) is 1. The third-order valence-corrected chi connectivity index (χ3v) is 10.4. The van der Waals surface area contributed by atoms with Crippen LogP contribution in [-0.4, -0.2) is 119 Å². The van der Waals surface area contributed by atoms with Gasteiger partial charge in [-0.05, 0) is 49.1 Å². The van der Waals surface area contributed by atoms with Crippen LogP contribution < -0.4 is 15.6 Å². The van der Waals surface area contributed by atoms with Crippen molar-refractivity contribution in [3.05, 3.63) is 68.8 Å². The van der Waals surface area contributed by atoms with Crippen molar-refractivity contribution >= 4 is 23.0 Å². The van der Waals surface area contributed by atoms with E-state index >= 15 is 0 Å². The average molecular weight is 781 g/mol. The van der Waals surface area contributed by atoms with Gasteiger partial charge in [-0.25, -0.2) is 19.3 Å². The molecule has 19 heteroatoms. The molecule has 6 N–H and O–H groups in total. The van der Waals surface area contributed by atoms with Gasteiger partial charge in [0, 0.05) is 29.7 Å². The number of ether oxygens (including phenoxy) is 5. The first-order chi connectivity index (χ1) is 27.0. The minimum atomic E-state index is -1.91. The zero-order valence-electron chi connectivity index (χ0n) is 30.8. The van der Waals surface area contributed by atoms with E-state index in [0.717, 1.165) is 16.5 Å². The summed E-state index contributed by atoms with van der Waals surface area (Å²) in [6, 6.07) is 6.81. The van der Waals surface area contributed by atoms with Gasteiger partial charge in [0.1, 0.15) is 42.5 Å². The number of hydrogen-bond acceptors (Lipinski definition) is 16. The van der Waals surface area contributed by atoms with E-state index in [4.69, 9.17) is 28.7 Å². The molecule has 1 fully saturated rings. The number of aliphatic hydroxyl groups excluding tert-OH is 4. The van der Waals surface area contributed by atoms with Gasteiger partial charge in [-0.15, -0.1) is 5.10 Å². The second-order valence-electron chi connectivity index (χ2n) is 13.8. The van der Waals surface area contributed by atoms with Crippen LogP contribution in [0.4, 0.5) is 4.79 Å². The number of carbonyl (C=O) groups is 2.